The highest BCUT2D eigenvalue weighted by Crippen LogP contribution is 2.36. The molecule has 3 aromatic rings. The third-order valence-corrected chi connectivity index (χ3v) is 4.58. The van der Waals surface area contributed by atoms with Crippen molar-refractivity contribution >= 4 is 45.2 Å². The Hall–Kier alpha value is -1.49. The van der Waals surface area contributed by atoms with Gasteiger partial charge < -0.3 is 9.84 Å². The third-order valence-electron chi connectivity index (χ3n) is 3.23. The number of fused-ring (bicyclic) bond motifs is 2. The molecule has 1 aromatic heterocycles. The molecule has 0 bridgehead atoms. The van der Waals surface area contributed by atoms with Crippen molar-refractivity contribution in [2.24, 2.45) is 0 Å². The van der Waals surface area contributed by atoms with Crippen molar-refractivity contribution in [3.05, 3.63) is 41.4 Å². The van der Waals surface area contributed by atoms with E-state index in [-0.39, 0.29) is 6.61 Å². The minimum Gasteiger partial charge on any atom is -0.497 e. The number of ether oxygens (including phenoxy) is 1. The fraction of sp³-hybridized carbons (Fsp3) is 0.188. The lowest BCUT2D eigenvalue weighted by atomic mass is 10.1. The first-order valence-corrected chi connectivity index (χ1v) is 7.90. The maximum atomic E-state index is 9.13. The molecule has 0 saturated heterocycles. The molecule has 0 saturated carbocycles. The van der Waals surface area contributed by atoms with Gasteiger partial charge in [-0.2, -0.15) is 0 Å². The quantitative estimate of drug-likeness (QED) is 0.580. The molecule has 0 atom stereocenters. The van der Waals surface area contributed by atoms with Gasteiger partial charge in [0.2, 0.25) is 0 Å². The van der Waals surface area contributed by atoms with Crippen molar-refractivity contribution in [2.75, 3.05) is 19.5 Å². The van der Waals surface area contributed by atoms with E-state index in [4.69, 9.17) is 21.4 Å². The van der Waals surface area contributed by atoms with E-state index in [1.807, 2.05) is 36.4 Å². The van der Waals surface area contributed by atoms with Crippen LogP contribution in [0, 0.1) is 0 Å². The van der Waals surface area contributed by atoms with Gasteiger partial charge in [-0.15, -0.1) is 11.8 Å². The molecule has 3 nitrogen and oxygen atoms in total. The summed E-state index contributed by atoms with van der Waals surface area (Å²) in [6.07, 6.45) is 0. The Morgan fingerprint density at radius 1 is 1.14 bits per heavy atom. The number of rotatable bonds is 4. The molecule has 5 heteroatoms. The molecular weight excluding hydrogens is 306 g/mol. The second-order valence-corrected chi connectivity index (χ2v) is 6.10. The molecule has 0 spiro atoms. The Balaban J connectivity index is 2.33. The van der Waals surface area contributed by atoms with Crippen LogP contribution in [-0.2, 0) is 0 Å². The number of nitrogens with zero attached hydrogens (tertiary/aromatic N) is 1. The highest BCUT2D eigenvalue weighted by atomic mass is 35.5. The van der Waals surface area contributed by atoms with Gasteiger partial charge in [-0.3, -0.25) is 0 Å². The lowest BCUT2D eigenvalue weighted by Crippen LogP contribution is -1.92. The van der Waals surface area contributed by atoms with Crippen LogP contribution in [0.25, 0.3) is 21.8 Å². The minimum absolute atomic E-state index is 0.132. The van der Waals surface area contributed by atoms with Gasteiger partial charge in [-0.05, 0) is 30.3 Å². The lowest BCUT2D eigenvalue weighted by Gasteiger charge is -2.11. The van der Waals surface area contributed by atoms with Gasteiger partial charge in [0.15, 0.2) is 0 Å². The first-order chi connectivity index (χ1) is 10.2. The maximum Gasteiger partial charge on any atom is 0.119 e. The zero-order valence-electron chi connectivity index (χ0n) is 11.5. The zero-order chi connectivity index (χ0) is 14.8. The Morgan fingerprint density at radius 3 is 2.76 bits per heavy atom. The first kappa shape index (κ1) is 14.4. The second-order valence-electron chi connectivity index (χ2n) is 4.56. The highest BCUT2D eigenvalue weighted by Gasteiger charge is 2.11. The molecule has 2 aromatic carbocycles. The number of hydrogen-bond acceptors (Lipinski definition) is 4. The monoisotopic (exact) mass is 319 g/mol. The average Bonchev–Trinajstić information content (AvgIpc) is 2.50. The molecule has 21 heavy (non-hydrogen) atoms. The molecule has 1 N–H and O–H groups in total. The van der Waals surface area contributed by atoms with E-state index in [0.717, 1.165) is 32.5 Å². The molecule has 0 amide bonds. The van der Waals surface area contributed by atoms with Gasteiger partial charge in [0, 0.05) is 26.4 Å². The van der Waals surface area contributed by atoms with Crippen LogP contribution in [0.5, 0.6) is 5.75 Å². The number of aromatic nitrogens is 1. The van der Waals surface area contributed by atoms with E-state index in [9.17, 15) is 0 Å². The SMILES string of the molecule is COc1ccc2nc3cc(Cl)ccc3c(SCCO)c2c1. The molecular formula is C16H14ClNO2S. The predicted octanol–water partition coefficient (Wildman–Crippen LogP) is 4.13. The number of pyridine rings is 1. The molecule has 108 valence electrons. The van der Waals surface area contributed by atoms with Crippen molar-refractivity contribution < 1.29 is 9.84 Å². The molecule has 0 aliphatic carbocycles. The highest BCUT2D eigenvalue weighted by molar-refractivity contribution is 7.99. The number of halogens is 1. The van der Waals surface area contributed by atoms with E-state index >= 15 is 0 Å². The van der Waals surface area contributed by atoms with Gasteiger partial charge in [0.25, 0.3) is 0 Å². The minimum atomic E-state index is 0.132. The summed E-state index contributed by atoms with van der Waals surface area (Å²) in [5.41, 5.74) is 1.76. The van der Waals surface area contributed by atoms with Crippen LogP contribution < -0.4 is 4.74 Å². The maximum absolute atomic E-state index is 9.13. The van der Waals surface area contributed by atoms with E-state index < -0.39 is 0 Å². The summed E-state index contributed by atoms with van der Waals surface area (Å²) in [7, 11) is 1.65. The summed E-state index contributed by atoms with van der Waals surface area (Å²) >= 11 is 7.68. The fourth-order valence-corrected chi connectivity index (χ4v) is 3.40. The number of aliphatic hydroxyl groups is 1. The van der Waals surface area contributed by atoms with Crippen molar-refractivity contribution in [3.63, 3.8) is 0 Å². The average molecular weight is 320 g/mol. The van der Waals surface area contributed by atoms with Crippen molar-refractivity contribution in [1.82, 2.24) is 4.98 Å². The lowest BCUT2D eigenvalue weighted by molar-refractivity contribution is 0.322. The van der Waals surface area contributed by atoms with Crippen LogP contribution >= 0.6 is 23.4 Å². The van der Waals surface area contributed by atoms with Crippen LogP contribution in [0.3, 0.4) is 0 Å². The Kier molecular flexibility index (Phi) is 4.19. The summed E-state index contributed by atoms with van der Waals surface area (Å²) in [6.45, 7) is 0.132. The summed E-state index contributed by atoms with van der Waals surface area (Å²) in [4.78, 5) is 5.76. The van der Waals surface area contributed by atoms with E-state index in [1.54, 1.807) is 18.9 Å². The van der Waals surface area contributed by atoms with Gasteiger partial charge >= 0.3 is 0 Å². The van der Waals surface area contributed by atoms with E-state index in [1.165, 1.54) is 0 Å². The largest absolute Gasteiger partial charge is 0.497 e. The number of methoxy groups -OCH3 is 1. The van der Waals surface area contributed by atoms with Gasteiger partial charge in [-0.1, -0.05) is 17.7 Å². The molecule has 3 rings (SSSR count). The van der Waals surface area contributed by atoms with Crippen LogP contribution in [0.4, 0.5) is 0 Å². The summed E-state index contributed by atoms with van der Waals surface area (Å²) in [5, 5.41) is 11.9. The molecule has 0 fully saturated rings. The van der Waals surface area contributed by atoms with Crippen molar-refractivity contribution in [1.29, 1.82) is 0 Å². The molecule has 0 unspecified atom stereocenters. The number of thioether (sulfide) groups is 1. The summed E-state index contributed by atoms with van der Waals surface area (Å²) in [6, 6.07) is 11.5. The third kappa shape index (κ3) is 2.79. The van der Waals surface area contributed by atoms with Gasteiger partial charge in [-0.25, -0.2) is 4.98 Å². The van der Waals surface area contributed by atoms with Gasteiger partial charge in [0.1, 0.15) is 5.75 Å². The summed E-state index contributed by atoms with van der Waals surface area (Å²) < 4.78 is 5.31. The van der Waals surface area contributed by atoms with Crippen LogP contribution in [0.15, 0.2) is 41.3 Å². The first-order valence-electron chi connectivity index (χ1n) is 6.53. The second kappa shape index (κ2) is 6.10. The fourth-order valence-electron chi connectivity index (χ4n) is 2.29. The molecule has 0 radical (unpaired) electrons. The number of benzene rings is 2. The normalized spacial score (nSPS) is 11.2. The Bertz CT molecular complexity index is 807. The Labute approximate surface area is 131 Å². The van der Waals surface area contributed by atoms with Gasteiger partial charge in [0.05, 0.1) is 24.8 Å². The molecule has 0 aliphatic rings. The van der Waals surface area contributed by atoms with E-state index in [0.29, 0.717) is 10.8 Å². The smallest absolute Gasteiger partial charge is 0.119 e. The molecule has 0 aliphatic heterocycles. The van der Waals surface area contributed by atoms with Crippen molar-refractivity contribution in [3.8, 4) is 5.75 Å². The van der Waals surface area contributed by atoms with E-state index in [2.05, 4.69) is 4.98 Å². The standard InChI is InChI=1S/C16H14ClNO2S/c1-20-11-3-5-14-13(9-11)16(21-7-6-19)12-4-2-10(17)8-15(12)18-14/h2-5,8-9,19H,6-7H2,1H3. The number of hydrogen-bond donors (Lipinski definition) is 1. The zero-order valence-corrected chi connectivity index (χ0v) is 13.0. The Morgan fingerprint density at radius 2 is 2.00 bits per heavy atom. The summed E-state index contributed by atoms with van der Waals surface area (Å²) in [5.74, 6) is 1.43. The van der Waals surface area contributed by atoms with Crippen LogP contribution in [-0.4, -0.2) is 29.6 Å². The topological polar surface area (TPSA) is 42.4 Å². The molecule has 1 heterocycles. The van der Waals surface area contributed by atoms with Crippen LogP contribution in [0.1, 0.15) is 0 Å². The van der Waals surface area contributed by atoms with Crippen molar-refractivity contribution in [2.45, 2.75) is 4.90 Å². The van der Waals surface area contributed by atoms with Crippen LogP contribution in [0.2, 0.25) is 5.02 Å². The predicted molar refractivity (Wildman–Crippen MR) is 88.6 cm³/mol. The number of aliphatic hydroxyl groups excluding tert-OH is 1.